The molecule has 4 aromatic carbocycles. The first-order valence-electron chi connectivity index (χ1n) is 9.39. The van der Waals surface area contributed by atoms with Gasteiger partial charge in [-0.1, -0.05) is 60.0 Å². The third-order valence-electron chi connectivity index (χ3n) is 5.25. The van der Waals surface area contributed by atoms with Gasteiger partial charge in [-0.2, -0.15) is 10.5 Å². The lowest BCUT2D eigenvalue weighted by Gasteiger charge is -2.14. The number of aryl methyl sites for hydroxylation is 1. The molecular formula is C24H24O2S. The monoisotopic (exact) mass is 376 g/mol. The predicted molar refractivity (Wildman–Crippen MR) is 119 cm³/mol. The molecule has 0 saturated heterocycles. The summed E-state index contributed by atoms with van der Waals surface area (Å²) in [4.78, 5) is 12.0. The van der Waals surface area contributed by atoms with Gasteiger partial charge in [0, 0.05) is 6.42 Å². The molecule has 138 valence electrons. The van der Waals surface area contributed by atoms with E-state index in [1.165, 1.54) is 37.9 Å². The second-order valence-corrected chi connectivity index (χ2v) is 9.08. The third-order valence-corrected chi connectivity index (χ3v) is 6.55. The molecule has 27 heavy (non-hydrogen) atoms. The molecule has 0 saturated carbocycles. The Kier molecular flexibility index (Phi) is 5.13. The number of esters is 1. The summed E-state index contributed by atoms with van der Waals surface area (Å²) in [5, 5.41) is 9.93. The molecule has 0 spiro atoms. The van der Waals surface area contributed by atoms with E-state index in [2.05, 4.69) is 66.2 Å². The van der Waals surface area contributed by atoms with Crippen molar-refractivity contribution in [2.75, 3.05) is 12.2 Å². The summed E-state index contributed by atoms with van der Waals surface area (Å²) >= 11 is 0. The van der Waals surface area contributed by atoms with Crippen molar-refractivity contribution in [2.24, 2.45) is 0 Å². The van der Waals surface area contributed by atoms with E-state index in [9.17, 15) is 4.79 Å². The molecule has 0 heterocycles. The van der Waals surface area contributed by atoms with Crippen LogP contribution < -0.4 is 0 Å². The van der Waals surface area contributed by atoms with Crippen LogP contribution in [0.25, 0.3) is 32.3 Å². The fraction of sp³-hybridized carbons (Fsp3) is 0.250. The zero-order valence-electron chi connectivity index (χ0n) is 15.8. The van der Waals surface area contributed by atoms with E-state index < -0.39 is 0 Å². The number of ether oxygens (including phenoxy) is 1. The van der Waals surface area contributed by atoms with Gasteiger partial charge < -0.3 is 4.74 Å². The van der Waals surface area contributed by atoms with Crippen molar-refractivity contribution in [3.05, 3.63) is 60.2 Å². The molecule has 1 unspecified atom stereocenters. The SMILES string of the molecule is C/C=S(\C)COC(=O)CCCc1ccc2ccc3cccc4ccc1c2c34. The smallest absolute Gasteiger partial charge is 0.306 e. The number of carbonyl (C=O) groups is 1. The van der Waals surface area contributed by atoms with E-state index in [0.717, 1.165) is 12.8 Å². The second-order valence-electron chi connectivity index (χ2n) is 7.00. The molecule has 0 radical (unpaired) electrons. The fourth-order valence-electron chi connectivity index (χ4n) is 3.74. The normalized spacial score (nSPS) is 13.0. The lowest BCUT2D eigenvalue weighted by molar-refractivity contribution is -0.141. The number of hydrogen-bond donors (Lipinski definition) is 0. The van der Waals surface area contributed by atoms with Crippen molar-refractivity contribution in [1.82, 2.24) is 0 Å². The molecule has 3 heteroatoms. The van der Waals surface area contributed by atoms with Gasteiger partial charge in [0.15, 0.2) is 0 Å². The van der Waals surface area contributed by atoms with E-state index in [1.807, 2.05) is 6.92 Å². The first-order chi connectivity index (χ1) is 13.2. The summed E-state index contributed by atoms with van der Waals surface area (Å²) in [6.45, 7) is 2.00. The van der Waals surface area contributed by atoms with Gasteiger partial charge in [-0.15, -0.1) is 0 Å². The minimum atomic E-state index is -0.0890. The Hall–Kier alpha value is -2.39. The zero-order chi connectivity index (χ0) is 18.8. The standard InChI is InChI=1S/C24H24O2S/c1-3-27(2)16-26-22(25)9-5-6-17-10-11-20-13-12-18-7-4-8-19-14-15-21(17)24(20)23(18)19/h3-4,7-8,10-15H,5-6,9,16H2,1-2H3. The molecule has 0 aliphatic carbocycles. The highest BCUT2D eigenvalue weighted by molar-refractivity contribution is 8.14. The predicted octanol–water partition coefficient (Wildman–Crippen LogP) is 6.13. The first kappa shape index (κ1) is 18.0. The Bertz CT molecular complexity index is 1130. The van der Waals surface area contributed by atoms with Gasteiger partial charge in [0.2, 0.25) is 0 Å². The molecule has 2 nitrogen and oxygen atoms in total. The highest BCUT2D eigenvalue weighted by Crippen LogP contribution is 2.36. The molecule has 0 aliphatic heterocycles. The van der Waals surface area contributed by atoms with Crippen LogP contribution in [0.5, 0.6) is 0 Å². The number of hydrogen-bond acceptors (Lipinski definition) is 2. The van der Waals surface area contributed by atoms with Crippen molar-refractivity contribution >= 4 is 54.1 Å². The molecule has 0 bridgehead atoms. The molecule has 0 amide bonds. The van der Waals surface area contributed by atoms with Gasteiger partial charge in [-0.25, -0.2) is 0 Å². The van der Waals surface area contributed by atoms with E-state index in [1.54, 1.807) is 0 Å². The molecule has 1 atom stereocenters. The van der Waals surface area contributed by atoms with Crippen molar-refractivity contribution in [3.63, 3.8) is 0 Å². The van der Waals surface area contributed by atoms with Crippen LogP contribution in [0.2, 0.25) is 0 Å². The summed E-state index contributed by atoms with van der Waals surface area (Å²) in [5.41, 5.74) is 1.31. The van der Waals surface area contributed by atoms with Gasteiger partial charge in [0.05, 0.1) is 0 Å². The van der Waals surface area contributed by atoms with Crippen LogP contribution in [0.15, 0.2) is 54.6 Å². The van der Waals surface area contributed by atoms with E-state index >= 15 is 0 Å². The van der Waals surface area contributed by atoms with Crippen molar-refractivity contribution in [2.45, 2.75) is 26.2 Å². The fourth-order valence-corrected chi connectivity index (χ4v) is 4.19. The van der Waals surface area contributed by atoms with E-state index in [-0.39, 0.29) is 16.5 Å². The van der Waals surface area contributed by atoms with Gasteiger partial charge in [0.25, 0.3) is 0 Å². The van der Waals surface area contributed by atoms with Crippen molar-refractivity contribution in [3.8, 4) is 0 Å². The van der Waals surface area contributed by atoms with Crippen LogP contribution in [-0.2, 0) is 16.0 Å². The molecule has 4 rings (SSSR count). The van der Waals surface area contributed by atoms with E-state index in [0.29, 0.717) is 12.4 Å². The highest BCUT2D eigenvalue weighted by atomic mass is 32.2. The van der Waals surface area contributed by atoms with Gasteiger partial charge in [-0.3, -0.25) is 4.79 Å². The topological polar surface area (TPSA) is 26.3 Å². The van der Waals surface area contributed by atoms with Crippen molar-refractivity contribution in [1.29, 1.82) is 0 Å². The molecular weight excluding hydrogens is 352 g/mol. The average Bonchev–Trinajstić information content (AvgIpc) is 2.71. The third kappa shape index (κ3) is 3.57. The Morgan fingerprint density at radius 2 is 1.63 bits per heavy atom. The Morgan fingerprint density at radius 1 is 0.963 bits per heavy atom. The number of carbonyl (C=O) groups excluding carboxylic acids is 1. The molecule has 0 aliphatic rings. The summed E-state index contributed by atoms with van der Waals surface area (Å²) in [5.74, 6) is 0.419. The Balaban J connectivity index is 1.57. The van der Waals surface area contributed by atoms with Gasteiger partial charge in [0.1, 0.15) is 5.94 Å². The van der Waals surface area contributed by atoms with Gasteiger partial charge in [-0.05, 0) is 63.9 Å². The summed E-state index contributed by atoms with van der Waals surface area (Å²) < 4.78 is 5.35. The van der Waals surface area contributed by atoms with E-state index in [4.69, 9.17) is 4.74 Å². The lowest BCUT2D eigenvalue weighted by atomic mass is 9.90. The zero-order valence-corrected chi connectivity index (χ0v) is 16.6. The maximum absolute atomic E-state index is 12.0. The second kappa shape index (κ2) is 7.69. The Morgan fingerprint density at radius 3 is 2.37 bits per heavy atom. The molecule has 0 N–H and O–H groups in total. The number of rotatable bonds is 6. The van der Waals surface area contributed by atoms with Gasteiger partial charge >= 0.3 is 5.97 Å². The van der Waals surface area contributed by atoms with Crippen LogP contribution in [0, 0.1) is 0 Å². The largest absolute Gasteiger partial charge is 0.455 e. The minimum absolute atomic E-state index is 0.0558. The summed E-state index contributed by atoms with van der Waals surface area (Å²) in [6, 6.07) is 19.8. The van der Waals surface area contributed by atoms with Crippen LogP contribution in [0.4, 0.5) is 0 Å². The molecule has 4 aromatic rings. The first-order valence-corrected chi connectivity index (χ1v) is 11.3. The molecule has 0 fully saturated rings. The maximum Gasteiger partial charge on any atom is 0.306 e. The maximum atomic E-state index is 12.0. The lowest BCUT2D eigenvalue weighted by Crippen LogP contribution is -2.05. The van der Waals surface area contributed by atoms with Crippen LogP contribution >= 0.6 is 10.5 Å². The number of benzene rings is 4. The summed E-state index contributed by atoms with van der Waals surface area (Å²) in [7, 11) is 0.0558. The Labute approximate surface area is 162 Å². The summed E-state index contributed by atoms with van der Waals surface area (Å²) in [6.07, 6.45) is 4.26. The average molecular weight is 377 g/mol. The molecule has 0 aromatic heterocycles. The highest BCUT2D eigenvalue weighted by Gasteiger charge is 2.11. The quantitative estimate of drug-likeness (QED) is 0.230. The van der Waals surface area contributed by atoms with Crippen LogP contribution in [-0.4, -0.2) is 23.5 Å². The van der Waals surface area contributed by atoms with Crippen LogP contribution in [0.1, 0.15) is 25.3 Å². The van der Waals surface area contributed by atoms with Crippen molar-refractivity contribution < 1.29 is 9.53 Å². The minimum Gasteiger partial charge on any atom is -0.455 e. The van der Waals surface area contributed by atoms with Crippen LogP contribution in [0.3, 0.4) is 0 Å².